The van der Waals surface area contributed by atoms with Gasteiger partial charge < -0.3 is 15.6 Å². The Hall–Kier alpha value is -0.610. The summed E-state index contributed by atoms with van der Waals surface area (Å²) in [6.07, 6.45) is 2.18. The molecule has 0 radical (unpaired) electrons. The Morgan fingerprint density at radius 3 is 2.57 bits per heavy atom. The Balaban J connectivity index is 2.19. The molecule has 1 saturated carbocycles. The van der Waals surface area contributed by atoms with Crippen LogP contribution in [0.3, 0.4) is 0 Å². The molecule has 0 atom stereocenters. The van der Waals surface area contributed by atoms with Gasteiger partial charge in [-0.25, -0.2) is 0 Å². The number of nitrogens with two attached hydrogens (primary N) is 1. The van der Waals surface area contributed by atoms with E-state index in [1.165, 1.54) is 0 Å². The highest BCUT2D eigenvalue weighted by Crippen LogP contribution is 2.30. The van der Waals surface area contributed by atoms with Crippen molar-refractivity contribution >= 4 is 5.97 Å². The first-order valence-corrected chi connectivity index (χ1v) is 5.01. The number of aliphatic carboxylic acids is 1. The minimum Gasteiger partial charge on any atom is -0.481 e. The number of carbonyl (C=O) groups is 1. The lowest BCUT2D eigenvalue weighted by Crippen LogP contribution is -2.39. The van der Waals surface area contributed by atoms with Crippen LogP contribution in [0, 0.1) is 11.3 Å². The molecule has 0 heterocycles. The Labute approximate surface area is 84.4 Å². The summed E-state index contributed by atoms with van der Waals surface area (Å²) in [6.45, 7) is 4.34. The summed E-state index contributed by atoms with van der Waals surface area (Å²) in [5.74, 6) is -0.236. The van der Waals surface area contributed by atoms with E-state index in [9.17, 15) is 4.79 Å². The zero-order valence-corrected chi connectivity index (χ0v) is 8.82. The van der Waals surface area contributed by atoms with E-state index < -0.39 is 11.4 Å². The van der Waals surface area contributed by atoms with Gasteiger partial charge in [0.05, 0.1) is 18.1 Å². The molecule has 14 heavy (non-hydrogen) atoms. The lowest BCUT2D eigenvalue weighted by Gasteiger charge is -2.35. The van der Waals surface area contributed by atoms with E-state index in [4.69, 9.17) is 15.6 Å². The van der Waals surface area contributed by atoms with Crippen molar-refractivity contribution in [3.05, 3.63) is 0 Å². The number of carboxylic acids is 1. The summed E-state index contributed by atoms with van der Waals surface area (Å²) in [5.41, 5.74) is 4.69. The van der Waals surface area contributed by atoms with Crippen LogP contribution in [0.2, 0.25) is 0 Å². The van der Waals surface area contributed by atoms with Gasteiger partial charge in [-0.15, -0.1) is 0 Å². The largest absolute Gasteiger partial charge is 0.481 e. The van der Waals surface area contributed by atoms with Crippen LogP contribution in [0.15, 0.2) is 0 Å². The van der Waals surface area contributed by atoms with Crippen molar-refractivity contribution in [3.63, 3.8) is 0 Å². The number of rotatable bonds is 5. The second-order valence-electron chi connectivity index (χ2n) is 4.70. The first-order chi connectivity index (χ1) is 6.45. The van der Waals surface area contributed by atoms with E-state index in [-0.39, 0.29) is 12.7 Å². The quantitative estimate of drug-likeness (QED) is 0.691. The number of carboxylic acid groups (broad SMARTS) is 1. The maximum atomic E-state index is 10.8. The van der Waals surface area contributed by atoms with Gasteiger partial charge in [-0.1, -0.05) is 0 Å². The second kappa shape index (κ2) is 4.28. The predicted octanol–water partition coefficient (Wildman–Crippen LogP) is 0.851. The fraction of sp³-hybridized carbons (Fsp3) is 0.900. The topological polar surface area (TPSA) is 72.5 Å². The molecule has 0 bridgehead atoms. The average Bonchev–Trinajstić information content (AvgIpc) is 2.01. The van der Waals surface area contributed by atoms with Crippen LogP contribution in [-0.4, -0.2) is 30.3 Å². The average molecular weight is 201 g/mol. The maximum Gasteiger partial charge on any atom is 0.311 e. The van der Waals surface area contributed by atoms with Gasteiger partial charge in [0.25, 0.3) is 0 Å². The molecule has 0 aromatic carbocycles. The molecule has 82 valence electrons. The zero-order valence-electron chi connectivity index (χ0n) is 8.82. The molecule has 0 aliphatic heterocycles. The van der Waals surface area contributed by atoms with Crippen LogP contribution in [0.4, 0.5) is 0 Å². The minimum absolute atomic E-state index is 0.224. The van der Waals surface area contributed by atoms with Crippen molar-refractivity contribution in [1.29, 1.82) is 0 Å². The van der Waals surface area contributed by atoms with Crippen LogP contribution < -0.4 is 5.73 Å². The SMILES string of the molecule is CC(C)(COC1CC(CN)C1)C(=O)O. The zero-order chi connectivity index (χ0) is 10.8. The van der Waals surface area contributed by atoms with Gasteiger partial charge in [-0.3, -0.25) is 4.79 Å². The molecular weight excluding hydrogens is 182 g/mol. The van der Waals surface area contributed by atoms with Crippen LogP contribution in [0.5, 0.6) is 0 Å². The summed E-state index contributed by atoms with van der Waals surface area (Å²) in [4.78, 5) is 10.8. The molecule has 1 aliphatic rings. The Morgan fingerprint density at radius 2 is 2.14 bits per heavy atom. The first-order valence-electron chi connectivity index (χ1n) is 5.01. The Kier molecular flexibility index (Phi) is 3.50. The summed E-state index contributed by atoms with van der Waals surface area (Å²) < 4.78 is 5.50. The van der Waals surface area contributed by atoms with Crippen LogP contribution in [0.1, 0.15) is 26.7 Å². The van der Waals surface area contributed by atoms with Crippen molar-refractivity contribution in [2.24, 2.45) is 17.1 Å². The minimum atomic E-state index is -0.813. The molecule has 0 amide bonds. The smallest absolute Gasteiger partial charge is 0.311 e. The van der Waals surface area contributed by atoms with Crippen molar-refractivity contribution < 1.29 is 14.6 Å². The number of hydrogen-bond donors (Lipinski definition) is 2. The molecule has 0 aromatic heterocycles. The molecule has 1 rings (SSSR count). The van der Waals surface area contributed by atoms with E-state index in [1.54, 1.807) is 13.8 Å². The first kappa shape index (κ1) is 11.5. The van der Waals surface area contributed by atoms with Gasteiger partial charge in [0.1, 0.15) is 0 Å². The fourth-order valence-electron chi connectivity index (χ4n) is 1.39. The van der Waals surface area contributed by atoms with Crippen molar-refractivity contribution in [2.75, 3.05) is 13.2 Å². The van der Waals surface area contributed by atoms with E-state index >= 15 is 0 Å². The van der Waals surface area contributed by atoms with E-state index in [1.807, 2.05) is 0 Å². The monoisotopic (exact) mass is 201 g/mol. The van der Waals surface area contributed by atoms with Crippen LogP contribution >= 0.6 is 0 Å². The third-order valence-electron chi connectivity index (χ3n) is 2.78. The number of ether oxygens (including phenoxy) is 1. The van der Waals surface area contributed by atoms with E-state index in [0.29, 0.717) is 12.5 Å². The lowest BCUT2D eigenvalue weighted by atomic mass is 9.82. The Bertz CT molecular complexity index is 209. The highest BCUT2D eigenvalue weighted by Gasteiger charge is 2.33. The van der Waals surface area contributed by atoms with Crippen LogP contribution in [0.25, 0.3) is 0 Å². The summed E-state index contributed by atoms with van der Waals surface area (Å²) >= 11 is 0. The van der Waals surface area contributed by atoms with Gasteiger partial charge in [-0.05, 0) is 39.2 Å². The van der Waals surface area contributed by atoms with Gasteiger partial charge in [0.15, 0.2) is 0 Å². The molecule has 0 saturated heterocycles. The summed E-state index contributed by atoms with van der Waals surface area (Å²) in [5, 5.41) is 8.84. The van der Waals surface area contributed by atoms with Gasteiger partial charge >= 0.3 is 5.97 Å². The van der Waals surface area contributed by atoms with Crippen LogP contribution in [-0.2, 0) is 9.53 Å². The molecule has 3 N–H and O–H groups in total. The highest BCUT2D eigenvalue weighted by atomic mass is 16.5. The lowest BCUT2D eigenvalue weighted by molar-refractivity contribution is -0.153. The summed E-state index contributed by atoms with van der Waals surface area (Å²) in [6, 6.07) is 0. The molecule has 1 fully saturated rings. The predicted molar refractivity (Wildman–Crippen MR) is 52.9 cm³/mol. The fourth-order valence-corrected chi connectivity index (χ4v) is 1.39. The van der Waals surface area contributed by atoms with Gasteiger partial charge in [0, 0.05) is 0 Å². The molecule has 1 aliphatic carbocycles. The Morgan fingerprint density at radius 1 is 1.57 bits per heavy atom. The van der Waals surface area contributed by atoms with E-state index in [0.717, 1.165) is 12.8 Å². The van der Waals surface area contributed by atoms with Crippen molar-refractivity contribution in [2.45, 2.75) is 32.8 Å². The number of hydrogen-bond acceptors (Lipinski definition) is 3. The maximum absolute atomic E-state index is 10.8. The third-order valence-corrected chi connectivity index (χ3v) is 2.78. The van der Waals surface area contributed by atoms with Gasteiger partial charge in [0.2, 0.25) is 0 Å². The standard InChI is InChI=1S/C10H19NO3/c1-10(2,9(12)13)6-14-8-3-7(4-8)5-11/h7-8H,3-6,11H2,1-2H3,(H,12,13). The van der Waals surface area contributed by atoms with E-state index in [2.05, 4.69) is 0 Å². The molecule has 0 spiro atoms. The molecule has 4 heteroatoms. The normalized spacial score (nSPS) is 27.1. The summed E-state index contributed by atoms with van der Waals surface area (Å²) in [7, 11) is 0. The molecule has 0 unspecified atom stereocenters. The second-order valence-corrected chi connectivity index (χ2v) is 4.70. The highest BCUT2D eigenvalue weighted by molar-refractivity contribution is 5.73. The van der Waals surface area contributed by atoms with Gasteiger partial charge in [-0.2, -0.15) is 0 Å². The van der Waals surface area contributed by atoms with Crippen molar-refractivity contribution in [3.8, 4) is 0 Å². The van der Waals surface area contributed by atoms with Crippen molar-refractivity contribution in [1.82, 2.24) is 0 Å². The molecule has 0 aromatic rings. The molecule has 4 nitrogen and oxygen atoms in total. The third kappa shape index (κ3) is 2.69. The molecular formula is C10H19NO3.